The molecule has 0 amide bonds. The number of aliphatic imine (C=N–C) groups is 2. The van der Waals surface area contributed by atoms with Crippen LogP contribution in [0.5, 0.6) is 0 Å². The molecule has 5 aromatic rings. The van der Waals surface area contributed by atoms with Crippen molar-refractivity contribution in [1.82, 2.24) is 9.78 Å². The van der Waals surface area contributed by atoms with Crippen LogP contribution in [0.3, 0.4) is 0 Å². The fourth-order valence-electron chi connectivity index (χ4n) is 5.38. The molecule has 0 aliphatic carbocycles. The Morgan fingerprint density at radius 3 is 2.49 bits per heavy atom. The normalized spacial score (nSPS) is 16.8. The Labute approximate surface area is 234 Å². The van der Waals surface area contributed by atoms with E-state index >= 15 is 0 Å². The standard InChI is InChI=1S/C31H25BrN6O/c1-18-13-14-22(19(2)17-18)33-29-31-35-30-27(20(3)36-38(30)21-9-5-4-6-10-21)28(25-15-16-26(32)39-25)37(31)24-12-8-7-11-23(24)34-29/h4-17,28H,1-3H3,(H,33,34)/t28-/m1/s1. The molecule has 2 aliphatic heterocycles. The van der Waals surface area contributed by atoms with E-state index in [9.17, 15) is 0 Å². The molecule has 0 fully saturated rings. The van der Waals surface area contributed by atoms with Gasteiger partial charge in [0.2, 0.25) is 0 Å². The van der Waals surface area contributed by atoms with Crippen molar-refractivity contribution in [3.8, 4) is 5.69 Å². The molecule has 2 aromatic heterocycles. The molecule has 192 valence electrons. The Bertz CT molecular complexity index is 1800. The van der Waals surface area contributed by atoms with Crippen molar-refractivity contribution in [2.45, 2.75) is 26.8 Å². The van der Waals surface area contributed by atoms with Crippen LogP contribution in [0.4, 0.5) is 22.9 Å². The van der Waals surface area contributed by atoms with Crippen LogP contribution in [0.1, 0.15) is 34.2 Å². The van der Waals surface area contributed by atoms with Gasteiger partial charge in [-0.25, -0.2) is 14.7 Å². The first kappa shape index (κ1) is 23.7. The highest BCUT2D eigenvalue weighted by Crippen LogP contribution is 2.48. The van der Waals surface area contributed by atoms with E-state index in [1.54, 1.807) is 0 Å². The minimum Gasteiger partial charge on any atom is -0.452 e. The van der Waals surface area contributed by atoms with Gasteiger partial charge in [-0.05, 0) is 84.7 Å². The van der Waals surface area contributed by atoms with Crippen LogP contribution in [-0.2, 0) is 0 Å². The number of hydrogen-bond donors (Lipinski definition) is 1. The lowest BCUT2D eigenvalue weighted by Crippen LogP contribution is -2.48. The Morgan fingerprint density at radius 2 is 1.72 bits per heavy atom. The second-order valence-corrected chi connectivity index (χ2v) is 10.6. The zero-order valence-corrected chi connectivity index (χ0v) is 23.3. The SMILES string of the molecule is Cc1ccc(N=C2Nc3ccccc3N3C2=Nc2c(c(C)nn2-c2ccccc2)[C@H]3c2ccc(Br)o2)c(C)c1. The monoisotopic (exact) mass is 576 g/mol. The number of para-hydroxylation sites is 3. The molecule has 2 aliphatic rings. The first-order valence-electron chi connectivity index (χ1n) is 12.8. The number of rotatable bonds is 3. The molecule has 1 atom stereocenters. The maximum Gasteiger partial charge on any atom is 0.179 e. The lowest BCUT2D eigenvalue weighted by atomic mass is 9.97. The predicted octanol–water partition coefficient (Wildman–Crippen LogP) is 7.95. The van der Waals surface area contributed by atoms with E-state index < -0.39 is 0 Å². The first-order valence-corrected chi connectivity index (χ1v) is 13.6. The quantitative estimate of drug-likeness (QED) is 0.236. The summed E-state index contributed by atoms with van der Waals surface area (Å²) in [6.07, 6.45) is 0. The molecule has 8 heteroatoms. The summed E-state index contributed by atoms with van der Waals surface area (Å²) in [5, 5.41) is 8.53. The smallest absolute Gasteiger partial charge is 0.179 e. The number of amidine groups is 2. The lowest BCUT2D eigenvalue weighted by Gasteiger charge is -2.40. The molecule has 7 nitrogen and oxygen atoms in total. The number of fused-ring (bicyclic) bond motifs is 4. The average molecular weight is 577 g/mol. The number of furan rings is 1. The third-order valence-electron chi connectivity index (χ3n) is 7.13. The van der Waals surface area contributed by atoms with E-state index in [1.807, 2.05) is 66.2 Å². The third kappa shape index (κ3) is 3.90. The summed E-state index contributed by atoms with van der Waals surface area (Å²) < 4.78 is 8.80. The minimum atomic E-state index is -0.302. The maximum atomic E-state index is 6.22. The highest BCUT2D eigenvalue weighted by molar-refractivity contribution is 9.10. The van der Waals surface area contributed by atoms with Gasteiger partial charge >= 0.3 is 0 Å². The van der Waals surface area contributed by atoms with Crippen LogP contribution in [0.25, 0.3) is 5.69 Å². The van der Waals surface area contributed by atoms with Gasteiger partial charge in [0, 0.05) is 0 Å². The summed E-state index contributed by atoms with van der Waals surface area (Å²) >= 11 is 3.52. The van der Waals surface area contributed by atoms with Crippen molar-refractivity contribution >= 4 is 50.5 Å². The van der Waals surface area contributed by atoms with E-state index in [0.717, 1.165) is 51.1 Å². The number of nitrogens with zero attached hydrogens (tertiary/aromatic N) is 5. The van der Waals surface area contributed by atoms with Gasteiger partial charge < -0.3 is 14.6 Å². The number of halogens is 1. The molecule has 0 saturated carbocycles. The topological polar surface area (TPSA) is 71.0 Å². The van der Waals surface area contributed by atoms with Crippen LogP contribution in [0, 0.1) is 20.8 Å². The van der Waals surface area contributed by atoms with Crippen LogP contribution < -0.4 is 10.2 Å². The maximum absolute atomic E-state index is 6.22. The van der Waals surface area contributed by atoms with Crippen molar-refractivity contribution in [3.63, 3.8) is 0 Å². The molecule has 1 N–H and O–H groups in total. The number of nitrogens with one attached hydrogen (secondary N) is 1. The summed E-state index contributed by atoms with van der Waals surface area (Å²) in [5.41, 5.74) is 7.95. The fraction of sp³-hybridized carbons (Fsp3) is 0.129. The summed E-state index contributed by atoms with van der Waals surface area (Å²) in [4.78, 5) is 12.6. The van der Waals surface area contributed by atoms with Crippen LogP contribution in [-0.4, -0.2) is 21.5 Å². The number of anilines is 2. The molecule has 3 aromatic carbocycles. The van der Waals surface area contributed by atoms with Crippen LogP contribution in [0.15, 0.2) is 104 Å². The van der Waals surface area contributed by atoms with Gasteiger partial charge in [-0.2, -0.15) is 5.10 Å². The Hall–Kier alpha value is -4.43. The number of benzene rings is 3. The average Bonchev–Trinajstić information content (AvgIpc) is 3.52. The molecule has 0 radical (unpaired) electrons. The van der Waals surface area contributed by atoms with Gasteiger partial charge in [0.25, 0.3) is 0 Å². The zero-order chi connectivity index (χ0) is 26.7. The van der Waals surface area contributed by atoms with Crippen molar-refractivity contribution in [1.29, 1.82) is 0 Å². The Kier molecular flexibility index (Phi) is 5.52. The second kappa shape index (κ2) is 9.10. The lowest BCUT2D eigenvalue weighted by molar-refractivity contribution is 0.468. The second-order valence-electron chi connectivity index (χ2n) is 9.81. The largest absolute Gasteiger partial charge is 0.452 e. The Balaban J connectivity index is 1.53. The summed E-state index contributed by atoms with van der Waals surface area (Å²) in [6.45, 7) is 6.20. The van der Waals surface area contributed by atoms with E-state index in [2.05, 4.69) is 70.3 Å². The van der Waals surface area contributed by atoms with E-state index in [0.29, 0.717) is 16.3 Å². The van der Waals surface area contributed by atoms with E-state index in [1.165, 1.54) is 5.56 Å². The molecule has 4 heterocycles. The summed E-state index contributed by atoms with van der Waals surface area (Å²) in [5.74, 6) is 2.92. The molecule has 0 saturated heterocycles. The van der Waals surface area contributed by atoms with Crippen molar-refractivity contribution in [2.75, 3.05) is 10.2 Å². The molecule has 0 spiro atoms. The van der Waals surface area contributed by atoms with Crippen LogP contribution >= 0.6 is 15.9 Å². The van der Waals surface area contributed by atoms with Gasteiger partial charge in [-0.15, -0.1) is 0 Å². The highest BCUT2D eigenvalue weighted by Gasteiger charge is 2.43. The highest BCUT2D eigenvalue weighted by atomic mass is 79.9. The molecule has 0 bridgehead atoms. The van der Waals surface area contributed by atoms with E-state index in [-0.39, 0.29) is 6.04 Å². The van der Waals surface area contributed by atoms with Crippen LogP contribution in [0.2, 0.25) is 0 Å². The zero-order valence-electron chi connectivity index (χ0n) is 21.7. The summed E-state index contributed by atoms with van der Waals surface area (Å²) in [6, 6.07) is 28.2. The number of aryl methyl sites for hydroxylation is 3. The van der Waals surface area contributed by atoms with Crippen molar-refractivity contribution in [2.24, 2.45) is 9.98 Å². The van der Waals surface area contributed by atoms with Gasteiger partial charge in [-0.1, -0.05) is 48.0 Å². The molecule has 39 heavy (non-hydrogen) atoms. The van der Waals surface area contributed by atoms with Gasteiger partial charge in [0.1, 0.15) is 11.8 Å². The third-order valence-corrected chi connectivity index (χ3v) is 7.56. The first-order chi connectivity index (χ1) is 19.0. The molecular weight excluding hydrogens is 552 g/mol. The van der Waals surface area contributed by atoms with Crippen molar-refractivity contribution < 1.29 is 4.42 Å². The summed E-state index contributed by atoms with van der Waals surface area (Å²) in [7, 11) is 0. The van der Waals surface area contributed by atoms with Gasteiger partial charge in [0.15, 0.2) is 22.2 Å². The fourth-order valence-corrected chi connectivity index (χ4v) is 5.70. The number of aromatic nitrogens is 2. The van der Waals surface area contributed by atoms with Crippen molar-refractivity contribution in [3.05, 3.63) is 118 Å². The minimum absolute atomic E-state index is 0.302. The van der Waals surface area contributed by atoms with Gasteiger partial charge in [-0.3, -0.25) is 0 Å². The van der Waals surface area contributed by atoms with Gasteiger partial charge in [0.05, 0.1) is 34.0 Å². The number of hydrogen-bond acceptors (Lipinski definition) is 5. The van der Waals surface area contributed by atoms with E-state index in [4.69, 9.17) is 19.5 Å². The Morgan fingerprint density at radius 1 is 0.923 bits per heavy atom. The molecule has 0 unspecified atom stereocenters. The molecule has 7 rings (SSSR count). The predicted molar refractivity (Wildman–Crippen MR) is 159 cm³/mol. The molecular formula is C31H25BrN6O.